The van der Waals surface area contributed by atoms with Gasteiger partial charge in [-0.05, 0) is 31.5 Å². The molecule has 5 rings (SSSR count). The highest BCUT2D eigenvalue weighted by Crippen LogP contribution is 2.37. The van der Waals surface area contributed by atoms with Gasteiger partial charge in [-0.1, -0.05) is 0 Å². The van der Waals surface area contributed by atoms with Gasteiger partial charge in [0.25, 0.3) is 5.91 Å². The van der Waals surface area contributed by atoms with Crippen molar-refractivity contribution >= 4 is 16.9 Å². The van der Waals surface area contributed by atoms with Crippen LogP contribution in [0.2, 0.25) is 0 Å². The Morgan fingerprint density at radius 3 is 2.59 bits per heavy atom. The minimum atomic E-state index is -1.53. The molecule has 1 amide bonds. The second-order valence-corrected chi connectivity index (χ2v) is 7.73. The summed E-state index contributed by atoms with van der Waals surface area (Å²) in [5, 5.41) is 4.60. The number of halogens is 4. The van der Waals surface area contributed by atoms with E-state index < -0.39 is 29.3 Å². The Kier molecular flexibility index (Phi) is 4.54. The maximum Gasteiger partial charge on any atom is 0.255 e. The predicted octanol–water partition coefficient (Wildman–Crippen LogP) is 4.28. The van der Waals surface area contributed by atoms with Crippen LogP contribution in [0.5, 0.6) is 0 Å². The first kappa shape index (κ1) is 20.2. The van der Waals surface area contributed by atoms with Crippen LogP contribution in [0.3, 0.4) is 0 Å². The summed E-state index contributed by atoms with van der Waals surface area (Å²) in [5.74, 6) is -5.05. The average Bonchev–Trinajstić information content (AvgIpc) is 3.31. The van der Waals surface area contributed by atoms with E-state index in [0.717, 1.165) is 23.9 Å². The number of nitrogens with one attached hydrogen (secondary N) is 1. The van der Waals surface area contributed by atoms with E-state index in [1.54, 1.807) is 18.9 Å². The highest BCUT2D eigenvalue weighted by atomic mass is 19.2. The van der Waals surface area contributed by atoms with Crippen molar-refractivity contribution in [2.24, 2.45) is 7.05 Å². The van der Waals surface area contributed by atoms with Crippen LogP contribution in [-0.2, 0) is 13.5 Å². The summed E-state index contributed by atoms with van der Waals surface area (Å²) >= 11 is 0. The van der Waals surface area contributed by atoms with Crippen LogP contribution in [0.1, 0.15) is 34.6 Å². The van der Waals surface area contributed by atoms with Crippen LogP contribution < -0.4 is 0 Å². The third-order valence-corrected chi connectivity index (χ3v) is 5.92. The summed E-state index contributed by atoms with van der Waals surface area (Å²) in [7, 11) is 1.62. The second kappa shape index (κ2) is 7.18. The molecular weight excluding hydrogens is 426 g/mol. The smallest absolute Gasteiger partial charge is 0.255 e. The molecule has 0 fully saturated rings. The molecule has 0 radical (unpaired) electrons. The lowest BCUT2D eigenvalue weighted by Crippen LogP contribution is -2.39. The van der Waals surface area contributed by atoms with Gasteiger partial charge >= 0.3 is 0 Å². The molecule has 1 N–H and O–H groups in total. The molecule has 3 aromatic heterocycles. The van der Waals surface area contributed by atoms with E-state index in [1.165, 1.54) is 16.9 Å². The Morgan fingerprint density at radius 1 is 1.16 bits per heavy atom. The van der Waals surface area contributed by atoms with E-state index in [1.807, 2.05) is 0 Å². The minimum absolute atomic E-state index is 0.120. The van der Waals surface area contributed by atoms with Crippen LogP contribution in [0.4, 0.5) is 17.6 Å². The Morgan fingerprint density at radius 2 is 1.88 bits per heavy atom. The average molecular weight is 443 g/mol. The van der Waals surface area contributed by atoms with Crippen molar-refractivity contribution in [2.45, 2.75) is 19.4 Å². The molecule has 1 aromatic carbocycles. The number of aromatic amines is 1. The molecular formula is C22H17F4N5O. The van der Waals surface area contributed by atoms with Gasteiger partial charge in [0.2, 0.25) is 0 Å². The Hall–Kier alpha value is -3.69. The molecule has 1 aliphatic rings. The molecule has 6 nitrogen and oxygen atoms in total. The van der Waals surface area contributed by atoms with Crippen molar-refractivity contribution in [3.8, 4) is 11.3 Å². The number of carbonyl (C=O) groups is 1. The Balaban J connectivity index is 1.55. The highest BCUT2D eigenvalue weighted by molar-refractivity contribution is 6.06. The molecule has 0 aliphatic carbocycles. The lowest BCUT2D eigenvalue weighted by molar-refractivity contribution is 0.0675. The molecule has 4 aromatic rings. The summed E-state index contributed by atoms with van der Waals surface area (Å²) in [6, 6.07) is 2.85. The van der Waals surface area contributed by atoms with Crippen molar-refractivity contribution in [2.75, 3.05) is 6.54 Å². The first-order chi connectivity index (χ1) is 15.3. The molecule has 4 heterocycles. The standard InChI is InChI=1S/C22H17F4N5O/c1-10-19-13(20(30(2)29-19)11-7-14(23)18(26)15(24)8-11)4-6-31(10)22(32)12-3-5-27-21-17(12)16(25)9-28-21/h3,5,7-10H,4,6H2,1-2H3,(H,27,28)/t10-/m0/s1. The third-order valence-electron chi connectivity index (χ3n) is 5.92. The fraction of sp³-hybridized carbons (Fsp3) is 0.227. The van der Waals surface area contributed by atoms with Crippen LogP contribution >= 0.6 is 0 Å². The van der Waals surface area contributed by atoms with Gasteiger partial charge in [0, 0.05) is 37.1 Å². The number of hydrogen-bond donors (Lipinski definition) is 1. The molecule has 0 saturated heterocycles. The molecule has 1 aliphatic heterocycles. The number of aromatic nitrogens is 4. The van der Waals surface area contributed by atoms with E-state index >= 15 is 0 Å². The molecule has 1 atom stereocenters. The fourth-order valence-electron chi connectivity index (χ4n) is 4.42. The van der Waals surface area contributed by atoms with E-state index in [2.05, 4.69) is 15.1 Å². The Bertz CT molecular complexity index is 1370. The van der Waals surface area contributed by atoms with Gasteiger partial charge < -0.3 is 9.88 Å². The lowest BCUT2D eigenvalue weighted by Gasteiger charge is -2.33. The van der Waals surface area contributed by atoms with Crippen molar-refractivity contribution in [3.63, 3.8) is 0 Å². The normalized spacial score (nSPS) is 15.9. The van der Waals surface area contributed by atoms with E-state index in [-0.39, 0.29) is 34.6 Å². The zero-order valence-corrected chi connectivity index (χ0v) is 17.1. The molecule has 164 valence electrons. The zero-order chi connectivity index (χ0) is 22.7. The Labute approximate surface area is 179 Å². The number of rotatable bonds is 2. The first-order valence-electron chi connectivity index (χ1n) is 9.91. The number of nitrogens with zero attached hydrogens (tertiary/aromatic N) is 4. The van der Waals surface area contributed by atoms with Crippen molar-refractivity contribution < 1.29 is 22.4 Å². The van der Waals surface area contributed by atoms with Gasteiger partial charge in [-0.25, -0.2) is 22.5 Å². The highest BCUT2D eigenvalue weighted by Gasteiger charge is 2.34. The quantitative estimate of drug-likeness (QED) is 0.372. The number of carbonyl (C=O) groups excluding carboxylic acids is 1. The minimum Gasteiger partial charge on any atom is -0.343 e. The third kappa shape index (κ3) is 2.89. The maximum absolute atomic E-state index is 14.3. The summed E-state index contributed by atoms with van der Waals surface area (Å²) in [6.45, 7) is 2.07. The SMILES string of the molecule is C[C@H]1c2nn(C)c(-c3cc(F)c(F)c(F)c3)c2CCN1C(=O)c1ccnc2[nH]cc(F)c12. The number of amides is 1. The van der Waals surface area contributed by atoms with Gasteiger partial charge in [-0.3, -0.25) is 9.48 Å². The van der Waals surface area contributed by atoms with Crippen LogP contribution in [-0.4, -0.2) is 37.1 Å². The molecule has 0 spiro atoms. The van der Waals surface area contributed by atoms with Gasteiger partial charge in [0.15, 0.2) is 23.3 Å². The molecule has 0 saturated carbocycles. The van der Waals surface area contributed by atoms with Crippen LogP contribution in [0, 0.1) is 23.3 Å². The fourth-order valence-corrected chi connectivity index (χ4v) is 4.42. The van der Waals surface area contributed by atoms with Gasteiger partial charge in [-0.15, -0.1) is 0 Å². The topological polar surface area (TPSA) is 66.8 Å². The van der Waals surface area contributed by atoms with Crippen molar-refractivity contribution in [1.82, 2.24) is 24.6 Å². The lowest BCUT2D eigenvalue weighted by atomic mass is 9.94. The van der Waals surface area contributed by atoms with Gasteiger partial charge in [0.1, 0.15) is 5.65 Å². The van der Waals surface area contributed by atoms with Crippen molar-refractivity contribution in [1.29, 1.82) is 0 Å². The van der Waals surface area contributed by atoms with E-state index in [9.17, 15) is 22.4 Å². The van der Waals surface area contributed by atoms with E-state index in [4.69, 9.17) is 0 Å². The number of aryl methyl sites for hydroxylation is 1. The molecule has 10 heteroatoms. The molecule has 0 unspecified atom stereocenters. The second-order valence-electron chi connectivity index (χ2n) is 7.73. The summed E-state index contributed by atoms with van der Waals surface area (Å²) in [4.78, 5) is 21.6. The summed E-state index contributed by atoms with van der Waals surface area (Å²) in [6.07, 6.45) is 2.94. The number of fused-ring (bicyclic) bond motifs is 2. The first-order valence-corrected chi connectivity index (χ1v) is 9.91. The molecule has 32 heavy (non-hydrogen) atoms. The summed E-state index contributed by atoms with van der Waals surface area (Å²) in [5.41, 5.74) is 2.37. The maximum atomic E-state index is 14.3. The predicted molar refractivity (Wildman–Crippen MR) is 108 cm³/mol. The summed E-state index contributed by atoms with van der Waals surface area (Å²) < 4.78 is 56.8. The van der Waals surface area contributed by atoms with Crippen molar-refractivity contribution in [3.05, 3.63) is 70.7 Å². The van der Waals surface area contributed by atoms with Gasteiger partial charge in [0.05, 0.1) is 28.4 Å². The van der Waals surface area contributed by atoms with Crippen LogP contribution in [0.15, 0.2) is 30.6 Å². The number of benzene rings is 1. The van der Waals surface area contributed by atoms with E-state index in [0.29, 0.717) is 17.8 Å². The van der Waals surface area contributed by atoms with Gasteiger partial charge in [-0.2, -0.15) is 5.10 Å². The largest absolute Gasteiger partial charge is 0.343 e. The number of pyridine rings is 1. The number of H-pyrrole nitrogens is 1. The zero-order valence-electron chi connectivity index (χ0n) is 17.1. The van der Waals surface area contributed by atoms with Crippen LogP contribution in [0.25, 0.3) is 22.3 Å². The molecule has 0 bridgehead atoms. The monoisotopic (exact) mass is 443 g/mol. The number of hydrogen-bond acceptors (Lipinski definition) is 3.